The second kappa shape index (κ2) is 6.69. The first-order valence-corrected chi connectivity index (χ1v) is 6.22. The lowest BCUT2D eigenvalue weighted by Gasteiger charge is -2.36. The average Bonchev–Trinajstić information content (AvgIpc) is 2.26. The Balaban J connectivity index is 2.20. The molecule has 90 valence electrons. The summed E-state index contributed by atoms with van der Waals surface area (Å²) in [5, 5.41) is 3.50. The number of rotatable bonds is 6. The summed E-state index contributed by atoms with van der Waals surface area (Å²) < 4.78 is 10.8. The molecular formula is C11H22ClNO2. The van der Waals surface area contributed by atoms with Crippen LogP contribution in [0.2, 0.25) is 0 Å². The summed E-state index contributed by atoms with van der Waals surface area (Å²) in [5.74, 6) is 0.651. The van der Waals surface area contributed by atoms with Crippen LogP contribution in [0.5, 0.6) is 0 Å². The lowest BCUT2D eigenvalue weighted by molar-refractivity contribution is 0.0359. The van der Waals surface area contributed by atoms with Crippen LogP contribution in [0.1, 0.15) is 26.7 Å². The third-order valence-corrected chi connectivity index (χ3v) is 3.27. The Morgan fingerprint density at radius 3 is 2.60 bits per heavy atom. The first-order valence-electron chi connectivity index (χ1n) is 5.69. The van der Waals surface area contributed by atoms with Crippen LogP contribution in [0.4, 0.5) is 0 Å². The van der Waals surface area contributed by atoms with Crippen molar-refractivity contribution in [2.24, 2.45) is 0 Å². The van der Waals surface area contributed by atoms with E-state index in [4.69, 9.17) is 21.1 Å². The summed E-state index contributed by atoms with van der Waals surface area (Å²) in [4.78, 5) is 0. The van der Waals surface area contributed by atoms with Gasteiger partial charge in [-0.25, -0.2) is 0 Å². The molecule has 0 amide bonds. The minimum atomic E-state index is 0.0696. The Morgan fingerprint density at radius 1 is 1.40 bits per heavy atom. The van der Waals surface area contributed by atoms with Crippen molar-refractivity contribution in [3.05, 3.63) is 0 Å². The van der Waals surface area contributed by atoms with Crippen molar-refractivity contribution >= 4 is 11.6 Å². The van der Waals surface area contributed by atoms with E-state index in [0.717, 1.165) is 39.2 Å². The van der Waals surface area contributed by atoms with Gasteiger partial charge in [0, 0.05) is 31.2 Å². The second-order valence-electron chi connectivity index (χ2n) is 4.37. The van der Waals surface area contributed by atoms with E-state index in [1.807, 2.05) is 13.8 Å². The van der Waals surface area contributed by atoms with E-state index in [1.54, 1.807) is 0 Å². The molecule has 1 N–H and O–H groups in total. The Bertz CT molecular complexity index is 170. The Morgan fingerprint density at radius 2 is 2.07 bits per heavy atom. The summed E-state index contributed by atoms with van der Waals surface area (Å²) in [7, 11) is 0. The summed E-state index contributed by atoms with van der Waals surface area (Å²) in [5.41, 5.74) is 0.0696. The zero-order valence-corrected chi connectivity index (χ0v) is 10.5. The predicted octanol–water partition coefficient (Wildman–Crippen LogP) is 1.79. The molecule has 3 nitrogen and oxygen atoms in total. The van der Waals surface area contributed by atoms with Gasteiger partial charge < -0.3 is 14.8 Å². The van der Waals surface area contributed by atoms with Gasteiger partial charge in [0.2, 0.25) is 0 Å². The predicted molar refractivity (Wildman–Crippen MR) is 62.6 cm³/mol. The lowest BCUT2D eigenvalue weighted by Crippen LogP contribution is -2.52. The van der Waals surface area contributed by atoms with Crippen LogP contribution in [0.15, 0.2) is 0 Å². The molecule has 1 heterocycles. The second-order valence-corrected chi connectivity index (χ2v) is 4.64. The maximum absolute atomic E-state index is 6.02. The first-order chi connectivity index (χ1) is 7.18. The monoisotopic (exact) mass is 235 g/mol. The highest BCUT2D eigenvalue weighted by atomic mass is 35.5. The Labute approximate surface area is 97.5 Å². The van der Waals surface area contributed by atoms with Crippen LogP contribution in [0.25, 0.3) is 0 Å². The van der Waals surface area contributed by atoms with E-state index in [0.29, 0.717) is 12.0 Å². The lowest BCUT2D eigenvalue weighted by atomic mass is 9.92. The van der Waals surface area contributed by atoms with E-state index < -0.39 is 0 Å². The van der Waals surface area contributed by atoms with Crippen molar-refractivity contribution in [3.63, 3.8) is 0 Å². The minimum absolute atomic E-state index is 0.0696. The standard InChI is InChI=1S/C11H22ClNO2/c1-10(2)15-8-5-13-11(9-12)3-6-14-7-4-11/h10,13H,3-9H2,1-2H3. The molecule has 0 aromatic rings. The molecule has 0 aromatic heterocycles. The van der Waals surface area contributed by atoms with Crippen LogP contribution in [0.3, 0.4) is 0 Å². The maximum Gasteiger partial charge on any atom is 0.0594 e. The largest absolute Gasteiger partial charge is 0.381 e. The van der Waals surface area contributed by atoms with Crippen LogP contribution in [-0.4, -0.2) is 43.9 Å². The van der Waals surface area contributed by atoms with Crippen molar-refractivity contribution in [2.75, 3.05) is 32.2 Å². The average molecular weight is 236 g/mol. The molecule has 0 radical (unpaired) electrons. The molecule has 15 heavy (non-hydrogen) atoms. The highest BCUT2D eigenvalue weighted by molar-refractivity contribution is 6.18. The number of halogens is 1. The van der Waals surface area contributed by atoms with E-state index in [1.165, 1.54) is 0 Å². The van der Waals surface area contributed by atoms with Crippen molar-refractivity contribution < 1.29 is 9.47 Å². The van der Waals surface area contributed by atoms with Gasteiger partial charge in [0.05, 0.1) is 12.7 Å². The summed E-state index contributed by atoms with van der Waals surface area (Å²) in [6, 6.07) is 0. The van der Waals surface area contributed by atoms with E-state index in [-0.39, 0.29) is 5.54 Å². The zero-order chi connectivity index (χ0) is 11.1. The van der Waals surface area contributed by atoms with E-state index in [2.05, 4.69) is 5.32 Å². The van der Waals surface area contributed by atoms with Gasteiger partial charge in [-0.05, 0) is 26.7 Å². The van der Waals surface area contributed by atoms with Crippen molar-refractivity contribution in [2.45, 2.75) is 38.3 Å². The number of ether oxygens (including phenoxy) is 2. The highest BCUT2D eigenvalue weighted by Crippen LogP contribution is 2.21. The molecule has 1 rings (SSSR count). The minimum Gasteiger partial charge on any atom is -0.381 e. The smallest absolute Gasteiger partial charge is 0.0594 e. The van der Waals surface area contributed by atoms with Gasteiger partial charge in [-0.15, -0.1) is 11.6 Å². The third-order valence-electron chi connectivity index (χ3n) is 2.76. The summed E-state index contributed by atoms with van der Waals surface area (Å²) in [6.45, 7) is 7.33. The van der Waals surface area contributed by atoms with E-state index in [9.17, 15) is 0 Å². The fourth-order valence-corrected chi connectivity index (χ4v) is 2.09. The van der Waals surface area contributed by atoms with Crippen molar-refractivity contribution in [3.8, 4) is 0 Å². The number of alkyl halides is 1. The van der Waals surface area contributed by atoms with Crippen molar-refractivity contribution in [1.82, 2.24) is 5.32 Å². The molecule has 1 aliphatic rings. The maximum atomic E-state index is 6.02. The fraction of sp³-hybridized carbons (Fsp3) is 1.00. The highest BCUT2D eigenvalue weighted by Gasteiger charge is 2.30. The number of nitrogens with one attached hydrogen (secondary N) is 1. The Hall–Kier alpha value is 0.170. The molecule has 4 heteroatoms. The molecule has 0 unspecified atom stereocenters. The SMILES string of the molecule is CC(C)OCCNC1(CCl)CCOCC1. The molecule has 1 fully saturated rings. The van der Waals surface area contributed by atoms with Crippen LogP contribution >= 0.6 is 11.6 Å². The fourth-order valence-electron chi connectivity index (χ4n) is 1.73. The topological polar surface area (TPSA) is 30.5 Å². The number of hydrogen-bond acceptors (Lipinski definition) is 3. The molecule has 0 saturated carbocycles. The first kappa shape index (κ1) is 13.2. The van der Waals surface area contributed by atoms with Crippen LogP contribution in [0, 0.1) is 0 Å². The molecule has 0 bridgehead atoms. The normalized spacial score (nSPS) is 20.8. The quantitative estimate of drug-likeness (QED) is 0.563. The molecule has 1 saturated heterocycles. The van der Waals surface area contributed by atoms with Gasteiger partial charge in [0.1, 0.15) is 0 Å². The third kappa shape index (κ3) is 4.68. The zero-order valence-electron chi connectivity index (χ0n) is 9.72. The number of hydrogen-bond donors (Lipinski definition) is 1. The van der Waals surface area contributed by atoms with Crippen LogP contribution in [-0.2, 0) is 9.47 Å². The molecular weight excluding hydrogens is 214 g/mol. The summed E-state index contributed by atoms with van der Waals surface area (Å²) in [6.07, 6.45) is 2.30. The van der Waals surface area contributed by atoms with Crippen LogP contribution < -0.4 is 5.32 Å². The van der Waals surface area contributed by atoms with E-state index >= 15 is 0 Å². The molecule has 0 aromatic carbocycles. The molecule has 0 aliphatic carbocycles. The molecule has 0 spiro atoms. The van der Waals surface area contributed by atoms with Gasteiger partial charge in [0.15, 0.2) is 0 Å². The van der Waals surface area contributed by atoms with Gasteiger partial charge >= 0.3 is 0 Å². The van der Waals surface area contributed by atoms with Crippen molar-refractivity contribution in [1.29, 1.82) is 0 Å². The Kier molecular flexibility index (Phi) is 5.90. The molecule has 0 atom stereocenters. The van der Waals surface area contributed by atoms with Gasteiger partial charge in [-0.3, -0.25) is 0 Å². The summed E-state index contributed by atoms with van der Waals surface area (Å²) >= 11 is 6.02. The van der Waals surface area contributed by atoms with Gasteiger partial charge in [0.25, 0.3) is 0 Å². The molecule has 1 aliphatic heterocycles. The van der Waals surface area contributed by atoms with Gasteiger partial charge in [-0.1, -0.05) is 0 Å². The van der Waals surface area contributed by atoms with Gasteiger partial charge in [-0.2, -0.15) is 0 Å².